The maximum absolute atomic E-state index is 6.15. The zero-order valence-corrected chi connectivity index (χ0v) is 15.7. The largest absolute Gasteiger partial charge is 0.311 e. The highest BCUT2D eigenvalue weighted by atomic mass is 35.5. The molecule has 0 aliphatic carbocycles. The van der Waals surface area contributed by atoms with Gasteiger partial charge in [-0.3, -0.25) is 0 Å². The van der Waals surface area contributed by atoms with Crippen LogP contribution >= 0.6 is 34.3 Å². The van der Waals surface area contributed by atoms with E-state index in [9.17, 15) is 0 Å². The number of benzene rings is 2. The van der Waals surface area contributed by atoms with E-state index in [0.29, 0.717) is 0 Å². The fourth-order valence-corrected chi connectivity index (χ4v) is 4.66. The Balaban J connectivity index is 1.84. The van der Waals surface area contributed by atoms with E-state index in [2.05, 4.69) is 40.3 Å². The lowest BCUT2D eigenvalue weighted by atomic mass is 10.2. The van der Waals surface area contributed by atoms with Crippen LogP contribution in [-0.4, -0.2) is 4.57 Å². The molecular formula is C20H15ClN2S2. The lowest BCUT2D eigenvalue weighted by molar-refractivity contribution is 0.779. The van der Waals surface area contributed by atoms with E-state index in [-0.39, 0.29) is 0 Å². The van der Waals surface area contributed by atoms with Crippen molar-refractivity contribution in [3.05, 3.63) is 92.9 Å². The van der Waals surface area contributed by atoms with E-state index in [4.69, 9.17) is 16.6 Å². The average molecular weight is 383 g/mol. The van der Waals surface area contributed by atoms with Crippen molar-refractivity contribution >= 4 is 40.0 Å². The summed E-state index contributed by atoms with van der Waals surface area (Å²) in [6.07, 6.45) is 0. The van der Waals surface area contributed by atoms with Gasteiger partial charge in [0, 0.05) is 5.38 Å². The minimum absolute atomic E-state index is 0.779. The summed E-state index contributed by atoms with van der Waals surface area (Å²) < 4.78 is 3.06. The summed E-state index contributed by atoms with van der Waals surface area (Å²) in [6.45, 7) is 0.779. The zero-order chi connectivity index (χ0) is 17.1. The number of rotatable bonds is 4. The predicted molar refractivity (Wildman–Crippen MR) is 108 cm³/mol. The first-order valence-corrected chi connectivity index (χ1v) is 9.95. The Bertz CT molecular complexity index is 1030. The molecule has 5 heteroatoms. The van der Waals surface area contributed by atoms with Crippen LogP contribution in [0.4, 0.5) is 5.69 Å². The minimum Gasteiger partial charge on any atom is -0.311 e. The summed E-state index contributed by atoms with van der Waals surface area (Å²) in [5, 5.41) is 2.16. The lowest BCUT2D eigenvalue weighted by Crippen LogP contribution is -2.16. The maximum atomic E-state index is 6.15. The summed E-state index contributed by atoms with van der Waals surface area (Å²) in [4.78, 5) is 6.98. The molecule has 4 aromatic rings. The third-order valence-corrected chi connectivity index (χ3v) is 5.91. The second-order valence-corrected chi connectivity index (χ2v) is 8.08. The molecule has 2 aromatic carbocycles. The van der Waals surface area contributed by atoms with E-state index in [0.717, 1.165) is 31.9 Å². The van der Waals surface area contributed by atoms with Gasteiger partial charge >= 0.3 is 0 Å². The Morgan fingerprint density at radius 3 is 2.28 bits per heavy atom. The van der Waals surface area contributed by atoms with Gasteiger partial charge in [0.15, 0.2) is 4.80 Å². The fourth-order valence-electron chi connectivity index (χ4n) is 2.60. The molecule has 2 nitrogen and oxygen atoms in total. The van der Waals surface area contributed by atoms with Crippen molar-refractivity contribution in [1.29, 1.82) is 0 Å². The number of thiazole rings is 1. The van der Waals surface area contributed by atoms with Gasteiger partial charge in [0.2, 0.25) is 0 Å². The van der Waals surface area contributed by atoms with Gasteiger partial charge in [-0.15, -0.1) is 22.7 Å². The van der Waals surface area contributed by atoms with E-state index < -0.39 is 0 Å². The van der Waals surface area contributed by atoms with Crippen LogP contribution in [0, 0.1) is 0 Å². The maximum Gasteiger partial charge on any atom is 0.190 e. The molecule has 0 bridgehead atoms. The Kier molecular flexibility index (Phi) is 4.83. The van der Waals surface area contributed by atoms with Gasteiger partial charge in [0.1, 0.15) is 0 Å². The van der Waals surface area contributed by atoms with Crippen LogP contribution in [0.2, 0.25) is 4.34 Å². The zero-order valence-electron chi connectivity index (χ0n) is 13.3. The van der Waals surface area contributed by atoms with Crippen molar-refractivity contribution < 1.29 is 0 Å². The summed E-state index contributed by atoms with van der Waals surface area (Å²) in [6, 6.07) is 24.5. The average Bonchev–Trinajstić information content (AvgIpc) is 3.23. The quantitative estimate of drug-likeness (QED) is 0.399. The van der Waals surface area contributed by atoms with Crippen LogP contribution in [0.3, 0.4) is 0 Å². The van der Waals surface area contributed by atoms with Crippen LogP contribution in [0.1, 0.15) is 5.56 Å². The molecule has 0 spiro atoms. The monoisotopic (exact) mass is 382 g/mol. The summed E-state index contributed by atoms with van der Waals surface area (Å²) >= 11 is 9.40. The molecule has 2 heterocycles. The molecule has 0 radical (unpaired) electrons. The van der Waals surface area contributed by atoms with E-state index in [1.165, 1.54) is 5.56 Å². The molecule has 0 fully saturated rings. The van der Waals surface area contributed by atoms with Crippen LogP contribution in [0.25, 0.3) is 10.6 Å². The molecule has 25 heavy (non-hydrogen) atoms. The normalized spacial score (nSPS) is 11.8. The predicted octanol–water partition coefficient (Wildman–Crippen LogP) is 6.21. The topological polar surface area (TPSA) is 17.3 Å². The molecule has 2 aromatic heterocycles. The molecule has 0 aliphatic heterocycles. The van der Waals surface area contributed by atoms with Gasteiger partial charge in [-0.1, -0.05) is 60.1 Å². The van der Waals surface area contributed by atoms with E-state index in [1.54, 1.807) is 22.7 Å². The van der Waals surface area contributed by atoms with Gasteiger partial charge in [-0.05, 0) is 29.8 Å². The Morgan fingerprint density at radius 1 is 0.880 bits per heavy atom. The Morgan fingerprint density at radius 2 is 1.60 bits per heavy atom. The molecule has 4 rings (SSSR count). The number of aromatic nitrogens is 1. The van der Waals surface area contributed by atoms with Crippen molar-refractivity contribution in [1.82, 2.24) is 4.57 Å². The third-order valence-electron chi connectivity index (χ3n) is 3.79. The van der Waals surface area contributed by atoms with Crippen molar-refractivity contribution in [3.8, 4) is 10.6 Å². The Labute approximate surface area is 159 Å². The van der Waals surface area contributed by atoms with E-state index >= 15 is 0 Å². The van der Waals surface area contributed by atoms with Crippen molar-refractivity contribution in [2.45, 2.75) is 6.54 Å². The summed E-state index contributed by atoms with van der Waals surface area (Å²) in [5.74, 6) is 0. The fraction of sp³-hybridized carbons (Fsp3) is 0.0500. The molecule has 0 N–H and O–H groups in total. The first-order chi connectivity index (χ1) is 12.3. The number of thiophene rings is 1. The SMILES string of the molecule is Clc1ccc(-c2csc(=Nc3ccccc3)n2Cc2ccccc2)s1. The molecule has 0 unspecified atom stereocenters. The number of para-hydroxylation sites is 1. The molecule has 0 saturated carbocycles. The molecule has 124 valence electrons. The standard InChI is InChI=1S/C20H15ClN2S2/c21-19-12-11-18(25-19)17-14-24-20(22-16-9-5-2-6-10-16)23(17)13-15-7-3-1-4-8-15/h1-12,14H,13H2. The van der Waals surface area contributed by atoms with E-state index in [1.807, 2.05) is 42.5 Å². The highest BCUT2D eigenvalue weighted by molar-refractivity contribution is 7.19. The van der Waals surface area contributed by atoms with Gasteiger partial charge < -0.3 is 4.57 Å². The molecule has 0 aliphatic rings. The van der Waals surface area contributed by atoms with Crippen LogP contribution in [0.5, 0.6) is 0 Å². The number of halogens is 1. The lowest BCUT2D eigenvalue weighted by Gasteiger charge is -2.08. The highest BCUT2D eigenvalue weighted by Crippen LogP contribution is 2.31. The molecular weight excluding hydrogens is 368 g/mol. The highest BCUT2D eigenvalue weighted by Gasteiger charge is 2.11. The van der Waals surface area contributed by atoms with Crippen molar-refractivity contribution in [3.63, 3.8) is 0 Å². The van der Waals surface area contributed by atoms with Gasteiger partial charge in [-0.2, -0.15) is 0 Å². The summed E-state index contributed by atoms with van der Waals surface area (Å²) in [7, 11) is 0. The minimum atomic E-state index is 0.779. The first-order valence-electron chi connectivity index (χ1n) is 7.87. The van der Waals surface area contributed by atoms with Gasteiger partial charge in [-0.25, -0.2) is 4.99 Å². The van der Waals surface area contributed by atoms with Gasteiger partial charge in [0.25, 0.3) is 0 Å². The first kappa shape index (κ1) is 16.3. The van der Waals surface area contributed by atoms with Crippen molar-refractivity contribution in [2.75, 3.05) is 0 Å². The summed E-state index contributed by atoms with van der Waals surface area (Å²) in [5.41, 5.74) is 3.36. The van der Waals surface area contributed by atoms with Crippen molar-refractivity contribution in [2.24, 2.45) is 4.99 Å². The number of hydrogen-bond donors (Lipinski definition) is 0. The van der Waals surface area contributed by atoms with Gasteiger partial charge in [0.05, 0.1) is 27.1 Å². The second-order valence-electron chi connectivity index (χ2n) is 5.53. The smallest absolute Gasteiger partial charge is 0.190 e. The number of hydrogen-bond acceptors (Lipinski definition) is 3. The second kappa shape index (κ2) is 7.40. The van der Waals surface area contributed by atoms with Crippen LogP contribution in [0.15, 0.2) is 83.2 Å². The molecule has 0 atom stereocenters. The molecule has 0 amide bonds. The van der Waals surface area contributed by atoms with Crippen LogP contribution < -0.4 is 4.80 Å². The molecule has 0 saturated heterocycles. The Hall–Kier alpha value is -2.14. The van der Waals surface area contributed by atoms with Crippen LogP contribution in [-0.2, 0) is 6.54 Å². The third kappa shape index (κ3) is 3.76. The number of nitrogens with zero attached hydrogens (tertiary/aromatic N) is 2.